The van der Waals surface area contributed by atoms with E-state index in [9.17, 15) is 4.79 Å². The number of carbonyl (C=O) groups excluding carboxylic acids is 1. The first-order valence-electron chi connectivity index (χ1n) is 11.9. The molecule has 1 heterocycles. The summed E-state index contributed by atoms with van der Waals surface area (Å²) in [5.74, 6) is 1.54. The quantitative estimate of drug-likeness (QED) is 0.387. The standard InChI is InChI=1S/C26H30N6O2S/c1-18(25(33)29-20-13-11-19(16-27)12-14-20)35-26-31-30-24(32(26)22-8-4-3-5-9-22)17-28-21-7-6-10-23(15-21)34-2/h6-7,10-15,18,22,28H,3-5,8-9,17H2,1-2H3,(H,29,33). The van der Waals surface area contributed by atoms with Crippen LogP contribution in [-0.2, 0) is 11.3 Å². The number of aromatic nitrogens is 3. The van der Waals surface area contributed by atoms with E-state index in [-0.39, 0.29) is 11.2 Å². The third kappa shape index (κ3) is 6.34. The largest absolute Gasteiger partial charge is 0.497 e. The van der Waals surface area contributed by atoms with Gasteiger partial charge < -0.3 is 19.9 Å². The Morgan fingerprint density at radius 1 is 1.17 bits per heavy atom. The summed E-state index contributed by atoms with van der Waals surface area (Å²) in [6, 6.07) is 17.1. The van der Waals surface area contributed by atoms with Gasteiger partial charge in [-0.15, -0.1) is 10.2 Å². The lowest BCUT2D eigenvalue weighted by atomic mass is 9.95. The number of methoxy groups -OCH3 is 1. The molecule has 1 unspecified atom stereocenters. The minimum absolute atomic E-state index is 0.117. The molecule has 0 aliphatic heterocycles. The van der Waals surface area contributed by atoms with Gasteiger partial charge in [-0.2, -0.15) is 5.26 Å². The van der Waals surface area contributed by atoms with Crippen molar-refractivity contribution >= 4 is 29.0 Å². The Kier molecular flexibility index (Phi) is 8.27. The number of amides is 1. The SMILES string of the molecule is COc1cccc(NCc2nnc(SC(C)C(=O)Nc3ccc(C#N)cc3)n2C2CCCCC2)c1. The molecule has 1 aliphatic carbocycles. The predicted octanol–water partition coefficient (Wildman–Crippen LogP) is 5.39. The second-order valence-electron chi connectivity index (χ2n) is 8.58. The number of anilines is 2. The van der Waals surface area contributed by atoms with Gasteiger partial charge in [-0.05, 0) is 56.2 Å². The summed E-state index contributed by atoms with van der Waals surface area (Å²) in [7, 11) is 1.65. The van der Waals surface area contributed by atoms with E-state index in [0.29, 0.717) is 23.8 Å². The third-order valence-corrected chi connectivity index (χ3v) is 7.19. The van der Waals surface area contributed by atoms with Crippen molar-refractivity contribution in [3.63, 3.8) is 0 Å². The fraction of sp³-hybridized carbons (Fsp3) is 0.385. The average Bonchev–Trinajstić information content (AvgIpc) is 3.30. The van der Waals surface area contributed by atoms with E-state index in [1.807, 2.05) is 31.2 Å². The fourth-order valence-electron chi connectivity index (χ4n) is 4.21. The first-order chi connectivity index (χ1) is 17.1. The number of benzene rings is 2. The maximum atomic E-state index is 12.9. The van der Waals surface area contributed by atoms with Crippen LogP contribution in [0.15, 0.2) is 53.7 Å². The Balaban J connectivity index is 1.48. The first kappa shape index (κ1) is 24.6. The van der Waals surface area contributed by atoms with Gasteiger partial charge in [-0.1, -0.05) is 37.1 Å². The van der Waals surface area contributed by atoms with Gasteiger partial charge >= 0.3 is 0 Å². The van der Waals surface area contributed by atoms with Gasteiger partial charge in [0.15, 0.2) is 11.0 Å². The highest BCUT2D eigenvalue weighted by molar-refractivity contribution is 8.00. The molecule has 0 bridgehead atoms. The van der Waals surface area contributed by atoms with Gasteiger partial charge in [0.25, 0.3) is 0 Å². The summed E-state index contributed by atoms with van der Waals surface area (Å²) in [5.41, 5.74) is 2.17. The molecule has 0 radical (unpaired) electrons. The second-order valence-corrected chi connectivity index (χ2v) is 9.89. The lowest BCUT2D eigenvalue weighted by molar-refractivity contribution is -0.115. The van der Waals surface area contributed by atoms with Crippen molar-refractivity contribution in [2.75, 3.05) is 17.7 Å². The molecule has 35 heavy (non-hydrogen) atoms. The van der Waals surface area contributed by atoms with Gasteiger partial charge in [0.2, 0.25) is 5.91 Å². The lowest BCUT2D eigenvalue weighted by Crippen LogP contribution is -2.24. The van der Waals surface area contributed by atoms with Crippen LogP contribution in [0.4, 0.5) is 11.4 Å². The van der Waals surface area contributed by atoms with Crippen molar-refractivity contribution in [3.8, 4) is 11.8 Å². The Bertz CT molecular complexity index is 1180. The van der Waals surface area contributed by atoms with Gasteiger partial charge in [0.05, 0.1) is 30.5 Å². The van der Waals surface area contributed by atoms with Crippen LogP contribution in [-0.4, -0.2) is 33.0 Å². The molecule has 8 nitrogen and oxygen atoms in total. The molecule has 1 saturated carbocycles. The number of nitriles is 1. The summed E-state index contributed by atoms with van der Waals surface area (Å²) in [6.45, 7) is 2.40. The summed E-state index contributed by atoms with van der Waals surface area (Å²) >= 11 is 1.42. The molecule has 3 aromatic rings. The molecule has 1 amide bonds. The maximum absolute atomic E-state index is 12.9. The zero-order valence-electron chi connectivity index (χ0n) is 20.0. The van der Waals surface area contributed by atoms with Crippen LogP contribution in [0.5, 0.6) is 5.75 Å². The van der Waals surface area contributed by atoms with Crippen LogP contribution >= 0.6 is 11.8 Å². The van der Waals surface area contributed by atoms with E-state index in [2.05, 4.69) is 31.5 Å². The Hall–Kier alpha value is -3.51. The fourth-order valence-corrected chi connectivity index (χ4v) is 5.15. The van der Waals surface area contributed by atoms with Crippen molar-refractivity contribution in [2.24, 2.45) is 0 Å². The van der Waals surface area contributed by atoms with Gasteiger partial charge in [0, 0.05) is 23.5 Å². The minimum Gasteiger partial charge on any atom is -0.497 e. The normalized spacial score (nSPS) is 14.7. The molecule has 1 aliphatic rings. The number of thioether (sulfide) groups is 1. The summed E-state index contributed by atoms with van der Waals surface area (Å²) < 4.78 is 7.55. The summed E-state index contributed by atoms with van der Waals surface area (Å²) in [5, 5.41) is 24.7. The highest BCUT2D eigenvalue weighted by atomic mass is 32.2. The minimum atomic E-state index is -0.364. The summed E-state index contributed by atoms with van der Waals surface area (Å²) in [4.78, 5) is 12.9. The van der Waals surface area contributed by atoms with E-state index in [1.54, 1.807) is 31.4 Å². The molecular weight excluding hydrogens is 460 g/mol. The molecule has 4 rings (SSSR count). The Labute approximate surface area is 210 Å². The number of nitrogens with zero attached hydrogens (tertiary/aromatic N) is 4. The van der Waals surface area contributed by atoms with E-state index < -0.39 is 0 Å². The van der Waals surface area contributed by atoms with Crippen molar-refractivity contribution in [3.05, 3.63) is 59.9 Å². The van der Waals surface area contributed by atoms with Crippen molar-refractivity contribution in [1.29, 1.82) is 5.26 Å². The van der Waals surface area contributed by atoms with Crippen LogP contribution in [0, 0.1) is 11.3 Å². The molecule has 1 atom stereocenters. The van der Waals surface area contributed by atoms with Crippen LogP contribution in [0.2, 0.25) is 0 Å². The summed E-state index contributed by atoms with van der Waals surface area (Å²) in [6.07, 6.45) is 5.80. The number of carbonyl (C=O) groups is 1. The Morgan fingerprint density at radius 3 is 2.66 bits per heavy atom. The molecule has 9 heteroatoms. The van der Waals surface area contributed by atoms with Crippen LogP contribution in [0.25, 0.3) is 0 Å². The van der Waals surface area contributed by atoms with Gasteiger partial charge in [-0.3, -0.25) is 4.79 Å². The predicted molar refractivity (Wildman–Crippen MR) is 138 cm³/mol. The van der Waals surface area contributed by atoms with E-state index in [4.69, 9.17) is 10.00 Å². The second kappa shape index (κ2) is 11.8. The number of hydrogen-bond donors (Lipinski definition) is 2. The number of hydrogen-bond acceptors (Lipinski definition) is 7. The maximum Gasteiger partial charge on any atom is 0.237 e. The molecule has 182 valence electrons. The van der Waals surface area contributed by atoms with Crippen molar-refractivity contribution in [2.45, 2.75) is 62.0 Å². The van der Waals surface area contributed by atoms with Gasteiger partial charge in [0.1, 0.15) is 5.75 Å². The lowest BCUT2D eigenvalue weighted by Gasteiger charge is -2.26. The molecule has 2 aromatic carbocycles. The molecule has 1 fully saturated rings. The molecule has 2 N–H and O–H groups in total. The third-order valence-electron chi connectivity index (χ3n) is 6.13. The van der Waals surface area contributed by atoms with Crippen LogP contribution in [0.1, 0.15) is 56.5 Å². The zero-order chi connectivity index (χ0) is 24.6. The van der Waals surface area contributed by atoms with Crippen LogP contribution in [0.3, 0.4) is 0 Å². The number of ether oxygens (including phenoxy) is 1. The highest BCUT2D eigenvalue weighted by Gasteiger charge is 2.26. The smallest absolute Gasteiger partial charge is 0.237 e. The van der Waals surface area contributed by atoms with Crippen molar-refractivity contribution in [1.82, 2.24) is 14.8 Å². The number of nitrogens with one attached hydrogen (secondary N) is 2. The monoisotopic (exact) mass is 490 g/mol. The molecular formula is C26H30N6O2S. The number of rotatable bonds is 9. The molecule has 1 aromatic heterocycles. The average molecular weight is 491 g/mol. The van der Waals surface area contributed by atoms with E-state index in [0.717, 1.165) is 35.3 Å². The first-order valence-corrected chi connectivity index (χ1v) is 12.7. The molecule has 0 spiro atoms. The highest BCUT2D eigenvalue weighted by Crippen LogP contribution is 2.34. The Morgan fingerprint density at radius 2 is 1.94 bits per heavy atom. The van der Waals surface area contributed by atoms with E-state index >= 15 is 0 Å². The van der Waals surface area contributed by atoms with Crippen molar-refractivity contribution < 1.29 is 9.53 Å². The van der Waals surface area contributed by atoms with Gasteiger partial charge in [-0.25, -0.2) is 0 Å². The topological polar surface area (TPSA) is 105 Å². The van der Waals surface area contributed by atoms with Crippen LogP contribution < -0.4 is 15.4 Å². The molecule has 0 saturated heterocycles. The van der Waals surface area contributed by atoms with E-state index in [1.165, 1.54) is 31.0 Å². The zero-order valence-corrected chi connectivity index (χ0v) is 20.8.